The molecule has 0 aliphatic carbocycles. The Balaban J connectivity index is 1.46. The first-order chi connectivity index (χ1) is 14.7. The van der Waals surface area contributed by atoms with Gasteiger partial charge in [0.05, 0.1) is 11.1 Å². The summed E-state index contributed by atoms with van der Waals surface area (Å²) in [6.45, 7) is 0. The third-order valence-corrected chi connectivity index (χ3v) is 4.46. The molecule has 4 nitrogen and oxygen atoms in total. The molecule has 0 bridgehead atoms. The molecule has 30 heavy (non-hydrogen) atoms. The smallest absolute Gasteiger partial charge is 0.343 e. The maximum absolute atomic E-state index is 12.3. The van der Waals surface area contributed by atoms with Crippen molar-refractivity contribution in [2.24, 2.45) is 0 Å². The second kappa shape index (κ2) is 8.88. The van der Waals surface area contributed by atoms with Gasteiger partial charge in [-0.05, 0) is 59.7 Å². The minimum absolute atomic E-state index is 0.404. The Morgan fingerprint density at radius 2 is 1.00 bits per heavy atom. The van der Waals surface area contributed by atoms with E-state index in [9.17, 15) is 9.59 Å². The van der Waals surface area contributed by atoms with Gasteiger partial charge in [0.15, 0.2) is 0 Å². The average molecular weight is 394 g/mol. The van der Waals surface area contributed by atoms with Crippen molar-refractivity contribution in [1.29, 1.82) is 0 Å². The predicted octanol–water partition coefficient (Wildman–Crippen LogP) is 5.79. The van der Waals surface area contributed by atoms with Gasteiger partial charge in [0.1, 0.15) is 11.5 Å². The van der Waals surface area contributed by atoms with Crippen LogP contribution in [-0.2, 0) is 0 Å². The van der Waals surface area contributed by atoms with Crippen molar-refractivity contribution < 1.29 is 19.1 Å². The number of hydrogen-bond acceptors (Lipinski definition) is 4. The monoisotopic (exact) mass is 394 g/mol. The lowest BCUT2D eigenvalue weighted by Gasteiger charge is -2.08. The molecule has 0 fully saturated rings. The largest absolute Gasteiger partial charge is 0.423 e. The number of benzene rings is 4. The average Bonchev–Trinajstić information content (AvgIpc) is 2.81. The minimum Gasteiger partial charge on any atom is -0.423 e. The standard InChI is InChI=1S/C26H18O4/c27-25(20-8-3-1-4-9-20)29-23-16-14-19(15-17-23)22-12-7-13-24(18-22)30-26(28)21-10-5-2-6-11-21/h1-18H. The number of rotatable bonds is 5. The fourth-order valence-corrected chi connectivity index (χ4v) is 2.93. The van der Waals surface area contributed by atoms with E-state index in [1.165, 1.54) is 0 Å². The quantitative estimate of drug-likeness (QED) is 0.317. The molecule has 4 aromatic carbocycles. The topological polar surface area (TPSA) is 52.6 Å². The molecular weight excluding hydrogens is 376 g/mol. The number of ether oxygens (including phenoxy) is 2. The first-order valence-corrected chi connectivity index (χ1v) is 9.44. The van der Waals surface area contributed by atoms with Crippen LogP contribution in [0.5, 0.6) is 11.5 Å². The molecule has 0 spiro atoms. The zero-order valence-electron chi connectivity index (χ0n) is 16.0. The van der Waals surface area contributed by atoms with Crippen molar-refractivity contribution in [3.8, 4) is 22.6 Å². The summed E-state index contributed by atoms with van der Waals surface area (Å²) in [4.78, 5) is 24.4. The molecule has 4 aromatic rings. The highest BCUT2D eigenvalue weighted by Crippen LogP contribution is 2.26. The highest BCUT2D eigenvalue weighted by Gasteiger charge is 2.10. The van der Waals surface area contributed by atoms with Gasteiger partial charge in [-0.25, -0.2) is 9.59 Å². The molecule has 0 radical (unpaired) electrons. The van der Waals surface area contributed by atoms with Crippen LogP contribution < -0.4 is 9.47 Å². The fraction of sp³-hybridized carbons (Fsp3) is 0. The molecule has 0 heterocycles. The van der Waals surface area contributed by atoms with E-state index in [0.29, 0.717) is 22.6 Å². The lowest BCUT2D eigenvalue weighted by molar-refractivity contribution is 0.0725. The van der Waals surface area contributed by atoms with E-state index < -0.39 is 11.9 Å². The molecule has 0 atom stereocenters. The van der Waals surface area contributed by atoms with Gasteiger partial charge in [0.25, 0.3) is 0 Å². The molecule has 4 heteroatoms. The molecule has 146 valence electrons. The summed E-state index contributed by atoms with van der Waals surface area (Å²) in [6, 6.07) is 32.1. The maximum atomic E-state index is 12.3. The summed E-state index contributed by atoms with van der Waals surface area (Å²) in [5, 5.41) is 0. The van der Waals surface area contributed by atoms with Crippen molar-refractivity contribution in [1.82, 2.24) is 0 Å². The van der Waals surface area contributed by atoms with Crippen LogP contribution in [0.1, 0.15) is 20.7 Å². The van der Waals surface area contributed by atoms with Crippen LogP contribution in [-0.4, -0.2) is 11.9 Å². The van der Waals surface area contributed by atoms with Gasteiger partial charge in [-0.3, -0.25) is 0 Å². The predicted molar refractivity (Wildman–Crippen MR) is 115 cm³/mol. The maximum Gasteiger partial charge on any atom is 0.343 e. The Labute approximate surface area is 174 Å². The van der Waals surface area contributed by atoms with Crippen LogP contribution in [0.15, 0.2) is 109 Å². The highest BCUT2D eigenvalue weighted by atomic mass is 16.5. The molecule has 0 aliphatic rings. The SMILES string of the molecule is O=C(Oc1ccc(-c2cccc(OC(=O)c3ccccc3)c2)cc1)c1ccccc1. The van der Waals surface area contributed by atoms with Crippen LogP contribution in [0.25, 0.3) is 11.1 Å². The van der Waals surface area contributed by atoms with Crippen molar-refractivity contribution in [3.05, 3.63) is 120 Å². The summed E-state index contributed by atoms with van der Waals surface area (Å²) in [5.41, 5.74) is 2.78. The van der Waals surface area contributed by atoms with Crippen molar-refractivity contribution in [2.75, 3.05) is 0 Å². The molecule has 0 aliphatic heterocycles. The Hall–Kier alpha value is -4.18. The number of carbonyl (C=O) groups excluding carboxylic acids is 2. The van der Waals surface area contributed by atoms with E-state index in [1.807, 2.05) is 36.4 Å². The minimum atomic E-state index is -0.407. The molecule has 0 saturated heterocycles. The number of hydrogen-bond donors (Lipinski definition) is 0. The van der Waals surface area contributed by atoms with E-state index in [-0.39, 0.29) is 0 Å². The lowest BCUT2D eigenvalue weighted by atomic mass is 10.1. The van der Waals surface area contributed by atoms with Crippen LogP contribution in [0.2, 0.25) is 0 Å². The number of esters is 2. The summed E-state index contributed by atoms with van der Waals surface area (Å²) >= 11 is 0. The third kappa shape index (κ3) is 4.62. The van der Waals surface area contributed by atoms with Crippen molar-refractivity contribution in [2.45, 2.75) is 0 Å². The van der Waals surface area contributed by atoms with Crippen LogP contribution in [0.3, 0.4) is 0 Å². The summed E-state index contributed by atoms with van der Waals surface area (Å²) in [5.74, 6) is 0.106. The zero-order valence-corrected chi connectivity index (χ0v) is 16.0. The van der Waals surface area contributed by atoms with Crippen LogP contribution >= 0.6 is 0 Å². The molecule has 0 saturated carbocycles. The fourth-order valence-electron chi connectivity index (χ4n) is 2.93. The Bertz CT molecular complexity index is 1150. The Morgan fingerprint density at radius 3 is 1.57 bits per heavy atom. The first kappa shape index (κ1) is 19.2. The third-order valence-electron chi connectivity index (χ3n) is 4.46. The Morgan fingerprint density at radius 1 is 0.467 bits per heavy atom. The van der Waals surface area contributed by atoms with Gasteiger partial charge in [-0.15, -0.1) is 0 Å². The van der Waals surface area contributed by atoms with Gasteiger partial charge in [0.2, 0.25) is 0 Å². The lowest BCUT2D eigenvalue weighted by Crippen LogP contribution is -2.08. The Kier molecular flexibility index (Phi) is 5.67. The van der Waals surface area contributed by atoms with E-state index in [0.717, 1.165) is 11.1 Å². The van der Waals surface area contributed by atoms with Crippen LogP contribution in [0.4, 0.5) is 0 Å². The van der Waals surface area contributed by atoms with Gasteiger partial charge in [0, 0.05) is 0 Å². The summed E-state index contributed by atoms with van der Waals surface area (Å²) in [6.07, 6.45) is 0. The second-order valence-electron chi connectivity index (χ2n) is 6.56. The first-order valence-electron chi connectivity index (χ1n) is 9.44. The van der Waals surface area contributed by atoms with E-state index >= 15 is 0 Å². The number of carbonyl (C=O) groups is 2. The molecule has 4 rings (SSSR count). The van der Waals surface area contributed by atoms with Crippen molar-refractivity contribution >= 4 is 11.9 Å². The zero-order chi connectivity index (χ0) is 20.8. The normalized spacial score (nSPS) is 10.3. The van der Waals surface area contributed by atoms with Gasteiger partial charge < -0.3 is 9.47 Å². The van der Waals surface area contributed by atoms with Crippen LogP contribution in [0, 0.1) is 0 Å². The molecule has 0 amide bonds. The van der Waals surface area contributed by atoms with Gasteiger partial charge >= 0.3 is 11.9 Å². The highest BCUT2D eigenvalue weighted by molar-refractivity contribution is 5.91. The summed E-state index contributed by atoms with van der Waals surface area (Å²) < 4.78 is 10.9. The summed E-state index contributed by atoms with van der Waals surface area (Å²) in [7, 11) is 0. The van der Waals surface area contributed by atoms with E-state index in [4.69, 9.17) is 9.47 Å². The molecule has 0 unspecified atom stereocenters. The van der Waals surface area contributed by atoms with E-state index in [2.05, 4.69) is 0 Å². The molecule has 0 aromatic heterocycles. The second-order valence-corrected chi connectivity index (χ2v) is 6.56. The van der Waals surface area contributed by atoms with E-state index in [1.54, 1.807) is 72.8 Å². The molecule has 0 N–H and O–H groups in total. The molecular formula is C26H18O4. The van der Waals surface area contributed by atoms with Crippen molar-refractivity contribution in [3.63, 3.8) is 0 Å². The van der Waals surface area contributed by atoms with Gasteiger partial charge in [-0.2, -0.15) is 0 Å². The van der Waals surface area contributed by atoms with Gasteiger partial charge in [-0.1, -0.05) is 60.7 Å².